The van der Waals surface area contributed by atoms with Gasteiger partial charge in [-0.05, 0) is 22.3 Å². The maximum absolute atomic E-state index is 13.5. The van der Waals surface area contributed by atoms with Gasteiger partial charge in [0.2, 0.25) is 11.8 Å². The lowest BCUT2D eigenvalue weighted by Gasteiger charge is -2.36. The van der Waals surface area contributed by atoms with Crippen LogP contribution in [0.4, 0.5) is 0 Å². The van der Waals surface area contributed by atoms with Crippen LogP contribution in [0.1, 0.15) is 29.2 Å². The van der Waals surface area contributed by atoms with E-state index in [1.54, 1.807) is 11.8 Å². The quantitative estimate of drug-likeness (QED) is 0.138. The molecular formula is C35H36N2O4S2. The highest BCUT2D eigenvalue weighted by Gasteiger charge is 2.39. The Balaban J connectivity index is 1.60. The Morgan fingerprint density at radius 2 is 1.14 bits per heavy atom. The number of thioether (sulfide) groups is 2. The highest BCUT2D eigenvalue weighted by atomic mass is 32.2. The number of hydrogen-bond acceptors (Lipinski definition) is 6. The fourth-order valence-electron chi connectivity index (χ4n) is 4.86. The van der Waals surface area contributed by atoms with Crippen molar-refractivity contribution < 1.29 is 19.1 Å². The molecule has 0 spiro atoms. The van der Waals surface area contributed by atoms with Gasteiger partial charge in [-0.2, -0.15) is 11.8 Å². The molecule has 0 saturated carbocycles. The second-order valence-corrected chi connectivity index (χ2v) is 12.2. The topological polar surface area (TPSA) is 84.5 Å². The van der Waals surface area contributed by atoms with Crippen LogP contribution >= 0.6 is 23.5 Å². The van der Waals surface area contributed by atoms with Gasteiger partial charge in [-0.1, -0.05) is 121 Å². The number of amides is 2. The third-order valence-corrected chi connectivity index (χ3v) is 9.65. The normalized spacial score (nSPS) is 12.5. The van der Waals surface area contributed by atoms with Crippen LogP contribution in [0.2, 0.25) is 0 Å². The summed E-state index contributed by atoms with van der Waals surface area (Å²) in [6.07, 6.45) is 0. The van der Waals surface area contributed by atoms with Crippen molar-refractivity contribution in [3.05, 3.63) is 144 Å². The number of esters is 1. The lowest BCUT2D eigenvalue weighted by molar-refractivity contribution is -0.144. The number of ether oxygens (including phenoxy) is 1. The average Bonchev–Trinajstić information content (AvgIpc) is 3.05. The highest BCUT2D eigenvalue weighted by Crippen LogP contribution is 2.48. The second-order valence-electron chi connectivity index (χ2n) is 9.93. The molecule has 0 aromatic heterocycles. The Morgan fingerprint density at radius 3 is 1.58 bits per heavy atom. The zero-order valence-electron chi connectivity index (χ0n) is 24.3. The number of nitrogens with one attached hydrogen (secondary N) is 2. The summed E-state index contributed by atoms with van der Waals surface area (Å²) in [4.78, 5) is 38.6. The van der Waals surface area contributed by atoms with Gasteiger partial charge in [0.1, 0.15) is 12.1 Å². The molecule has 0 aliphatic carbocycles. The van der Waals surface area contributed by atoms with E-state index in [0.717, 1.165) is 22.3 Å². The van der Waals surface area contributed by atoms with Gasteiger partial charge >= 0.3 is 5.97 Å². The average molecular weight is 613 g/mol. The van der Waals surface area contributed by atoms with Gasteiger partial charge in [0.15, 0.2) is 0 Å². The molecule has 0 saturated heterocycles. The summed E-state index contributed by atoms with van der Waals surface area (Å²) >= 11 is 3.09. The summed E-state index contributed by atoms with van der Waals surface area (Å²) in [5.41, 5.74) is 4.25. The standard InChI is InChI=1S/C35H36N2O4S2/c1-26(38)36-31(24-42-23-27-15-7-3-8-16-27)33(39)37-32(34(40)41-2)25-43-35(28-17-9-4-10-18-28,29-19-11-5-12-20-29)30-21-13-6-14-22-30/h3-22,31-32H,23-25H2,1-2H3,(H,36,38)(H,37,39)/t31-,32-/m1/s1. The minimum absolute atomic E-state index is 0.223. The van der Waals surface area contributed by atoms with E-state index in [4.69, 9.17) is 4.74 Å². The van der Waals surface area contributed by atoms with E-state index in [9.17, 15) is 14.4 Å². The number of methoxy groups -OCH3 is 1. The van der Waals surface area contributed by atoms with Crippen molar-refractivity contribution in [2.75, 3.05) is 18.6 Å². The van der Waals surface area contributed by atoms with Gasteiger partial charge in [-0.25, -0.2) is 4.79 Å². The Labute approximate surface area is 262 Å². The lowest BCUT2D eigenvalue weighted by Crippen LogP contribution is -2.53. The first-order valence-electron chi connectivity index (χ1n) is 14.0. The van der Waals surface area contributed by atoms with Crippen molar-refractivity contribution in [2.45, 2.75) is 29.5 Å². The SMILES string of the molecule is COC(=O)[C@@H](CSC(c1ccccc1)(c1ccccc1)c1ccccc1)NC(=O)[C@@H](CSCc1ccccc1)NC(C)=O. The lowest BCUT2D eigenvalue weighted by atomic mass is 9.84. The molecule has 0 bridgehead atoms. The maximum Gasteiger partial charge on any atom is 0.329 e. The molecule has 6 nitrogen and oxygen atoms in total. The minimum atomic E-state index is -0.951. The molecule has 2 N–H and O–H groups in total. The molecule has 0 aliphatic rings. The summed E-state index contributed by atoms with van der Waals surface area (Å²) < 4.78 is 4.46. The molecule has 2 amide bonds. The van der Waals surface area contributed by atoms with E-state index in [1.165, 1.54) is 25.8 Å². The minimum Gasteiger partial charge on any atom is -0.467 e. The van der Waals surface area contributed by atoms with E-state index in [0.29, 0.717) is 11.5 Å². The molecule has 0 unspecified atom stereocenters. The van der Waals surface area contributed by atoms with Crippen LogP contribution in [0.25, 0.3) is 0 Å². The van der Waals surface area contributed by atoms with Crippen LogP contribution in [0.5, 0.6) is 0 Å². The van der Waals surface area contributed by atoms with Crippen molar-refractivity contribution >= 4 is 41.3 Å². The summed E-state index contributed by atoms with van der Waals surface area (Å²) in [7, 11) is 1.31. The van der Waals surface area contributed by atoms with Gasteiger partial charge in [0.05, 0.1) is 11.9 Å². The summed E-state index contributed by atoms with van der Waals surface area (Å²) in [6, 6.07) is 38.6. The van der Waals surface area contributed by atoms with Gasteiger partial charge in [-0.3, -0.25) is 9.59 Å². The third-order valence-electron chi connectivity index (χ3n) is 6.90. The van der Waals surface area contributed by atoms with Crippen LogP contribution in [0.15, 0.2) is 121 Å². The maximum atomic E-state index is 13.5. The monoisotopic (exact) mass is 612 g/mol. The molecule has 222 valence electrons. The van der Waals surface area contributed by atoms with Crippen LogP contribution in [0.3, 0.4) is 0 Å². The molecule has 0 radical (unpaired) electrons. The molecule has 0 aliphatic heterocycles. The largest absolute Gasteiger partial charge is 0.467 e. The fraction of sp³-hybridized carbons (Fsp3) is 0.229. The van der Waals surface area contributed by atoms with Crippen molar-refractivity contribution in [1.29, 1.82) is 0 Å². The summed E-state index contributed by atoms with van der Waals surface area (Å²) in [5, 5.41) is 5.63. The van der Waals surface area contributed by atoms with Crippen LogP contribution in [-0.4, -0.2) is 48.5 Å². The summed E-state index contributed by atoms with van der Waals surface area (Å²) in [5.74, 6) is -0.0434. The molecule has 0 fully saturated rings. The van der Waals surface area contributed by atoms with Crippen molar-refractivity contribution in [1.82, 2.24) is 10.6 Å². The fourth-order valence-corrected chi connectivity index (χ4v) is 7.42. The van der Waals surface area contributed by atoms with E-state index in [-0.39, 0.29) is 11.7 Å². The molecule has 2 atom stereocenters. The van der Waals surface area contributed by atoms with E-state index < -0.39 is 28.7 Å². The van der Waals surface area contributed by atoms with E-state index in [1.807, 2.05) is 84.9 Å². The van der Waals surface area contributed by atoms with E-state index >= 15 is 0 Å². The third kappa shape index (κ3) is 8.52. The predicted octanol–water partition coefficient (Wildman–Crippen LogP) is 5.81. The Morgan fingerprint density at radius 1 is 0.674 bits per heavy atom. The Bertz CT molecular complexity index is 1360. The number of carbonyl (C=O) groups excluding carboxylic acids is 3. The van der Waals surface area contributed by atoms with Crippen LogP contribution < -0.4 is 10.6 Å². The molecule has 0 heterocycles. The molecule has 43 heavy (non-hydrogen) atoms. The zero-order chi connectivity index (χ0) is 30.5. The molecule has 4 aromatic rings. The van der Waals surface area contributed by atoms with Crippen LogP contribution in [0, 0.1) is 0 Å². The Kier molecular flexibility index (Phi) is 11.9. The second kappa shape index (κ2) is 16.0. The number of hydrogen-bond donors (Lipinski definition) is 2. The van der Waals surface area contributed by atoms with Gasteiger partial charge in [-0.15, -0.1) is 11.8 Å². The van der Waals surface area contributed by atoms with Gasteiger partial charge in [0, 0.05) is 24.2 Å². The van der Waals surface area contributed by atoms with Crippen molar-refractivity contribution in [2.24, 2.45) is 0 Å². The predicted molar refractivity (Wildman–Crippen MR) is 176 cm³/mol. The first kappa shape index (κ1) is 31.9. The summed E-state index contributed by atoms with van der Waals surface area (Å²) in [6.45, 7) is 1.38. The first-order valence-corrected chi connectivity index (χ1v) is 16.2. The molecule has 4 aromatic carbocycles. The highest BCUT2D eigenvalue weighted by molar-refractivity contribution is 8.00. The van der Waals surface area contributed by atoms with Crippen molar-refractivity contribution in [3.8, 4) is 0 Å². The van der Waals surface area contributed by atoms with Gasteiger partial charge < -0.3 is 15.4 Å². The zero-order valence-corrected chi connectivity index (χ0v) is 25.9. The van der Waals surface area contributed by atoms with E-state index in [2.05, 4.69) is 47.0 Å². The molecule has 4 rings (SSSR count). The number of rotatable bonds is 14. The van der Waals surface area contributed by atoms with Crippen molar-refractivity contribution in [3.63, 3.8) is 0 Å². The number of benzene rings is 4. The van der Waals surface area contributed by atoms with Crippen LogP contribution in [-0.2, 0) is 29.6 Å². The molecular weight excluding hydrogens is 577 g/mol. The first-order chi connectivity index (χ1) is 20.9. The van der Waals surface area contributed by atoms with Gasteiger partial charge in [0.25, 0.3) is 0 Å². The number of carbonyl (C=O) groups is 3. The Hall–Kier alpha value is -4.01. The smallest absolute Gasteiger partial charge is 0.329 e. The molecule has 8 heteroatoms.